The SMILES string of the molecule is [C-]#[N+]CC[C@@H]1CCCc2sc3ncnc(OC4CCC(NC(=O)OC(C)(C)C)CC4)c3c21. The van der Waals surface area contributed by atoms with E-state index < -0.39 is 5.60 Å². The van der Waals surface area contributed by atoms with Crippen LogP contribution in [-0.2, 0) is 11.2 Å². The molecule has 0 bridgehead atoms. The summed E-state index contributed by atoms with van der Waals surface area (Å²) in [5.74, 6) is 1.08. The van der Waals surface area contributed by atoms with E-state index in [1.165, 1.54) is 16.9 Å². The summed E-state index contributed by atoms with van der Waals surface area (Å²) in [7, 11) is 0. The third kappa shape index (κ3) is 5.32. The van der Waals surface area contributed by atoms with Crippen molar-refractivity contribution in [3.63, 3.8) is 0 Å². The molecule has 1 N–H and O–H groups in total. The highest BCUT2D eigenvalue weighted by molar-refractivity contribution is 7.18. The maximum absolute atomic E-state index is 12.1. The van der Waals surface area contributed by atoms with Crippen LogP contribution in [0.3, 0.4) is 0 Å². The molecule has 1 saturated carbocycles. The van der Waals surface area contributed by atoms with Gasteiger partial charge in [-0.2, -0.15) is 0 Å². The monoisotopic (exact) mass is 456 g/mol. The van der Waals surface area contributed by atoms with E-state index in [0.29, 0.717) is 18.3 Å². The van der Waals surface area contributed by atoms with Gasteiger partial charge in [0.1, 0.15) is 22.9 Å². The van der Waals surface area contributed by atoms with Crippen molar-refractivity contribution in [1.82, 2.24) is 15.3 Å². The molecular formula is C24H32N4O3S. The molecule has 2 aliphatic rings. The minimum atomic E-state index is -0.491. The van der Waals surface area contributed by atoms with Crippen LogP contribution in [0.25, 0.3) is 15.1 Å². The number of nitrogens with zero attached hydrogens (tertiary/aromatic N) is 3. The van der Waals surface area contributed by atoms with Crippen LogP contribution in [0.2, 0.25) is 0 Å². The van der Waals surface area contributed by atoms with Gasteiger partial charge in [-0.1, -0.05) is 0 Å². The molecule has 0 saturated heterocycles. The molecule has 2 aromatic rings. The summed E-state index contributed by atoms with van der Waals surface area (Å²) in [4.78, 5) is 27.1. The summed E-state index contributed by atoms with van der Waals surface area (Å²) in [5.41, 5.74) is 0.838. The average molecular weight is 457 g/mol. The first-order chi connectivity index (χ1) is 15.3. The van der Waals surface area contributed by atoms with Crippen molar-refractivity contribution in [2.24, 2.45) is 0 Å². The van der Waals surface area contributed by atoms with Crippen molar-refractivity contribution in [3.8, 4) is 5.88 Å². The van der Waals surface area contributed by atoms with Crippen molar-refractivity contribution in [2.45, 2.75) is 95.8 Å². The number of hydrogen-bond acceptors (Lipinski definition) is 6. The number of rotatable bonds is 5. The molecule has 1 fully saturated rings. The van der Waals surface area contributed by atoms with Crippen molar-refractivity contribution in [3.05, 3.63) is 28.2 Å². The van der Waals surface area contributed by atoms with Crippen LogP contribution in [0.15, 0.2) is 6.33 Å². The molecule has 32 heavy (non-hydrogen) atoms. The Balaban J connectivity index is 1.44. The summed E-state index contributed by atoms with van der Waals surface area (Å²) in [6.45, 7) is 13.4. The summed E-state index contributed by atoms with van der Waals surface area (Å²) in [5, 5.41) is 4.05. The van der Waals surface area contributed by atoms with Gasteiger partial charge >= 0.3 is 6.09 Å². The van der Waals surface area contributed by atoms with E-state index >= 15 is 0 Å². The predicted molar refractivity (Wildman–Crippen MR) is 125 cm³/mol. The van der Waals surface area contributed by atoms with E-state index in [9.17, 15) is 4.79 Å². The van der Waals surface area contributed by atoms with Crippen molar-refractivity contribution >= 4 is 27.6 Å². The van der Waals surface area contributed by atoms with E-state index in [2.05, 4.69) is 20.1 Å². The average Bonchev–Trinajstić information content (AvgIpc) is 3.12. The van der Waals surface area contributed by atoms with Gasteiger partial charge in [-0.05, 0) is 77.2 Å². The van der Waals surface area contributed by atoms with Gasteiger partial charge in [-0.3, -0.25) is 0 Å². The Morgan fingerprint density at radius 1 is 1.25 bits per heavy atom. The third-order valence-electron chi connectivity index (χ3n) is 6.19. The smallest absolute Gasteiger partial charge is 0.407 e. The zero-order chi connectivity index (χ0) is 22.7. The van der Waals surface area contributed by atoms with Gasteiger partial charge in [0.05, 0.1) is 5.39 Å². The molecule has 2 aromatic heterocycles. The summed E-state index contributed by atoms with van der Waals surface area (Å²) >= 11 is 1.75. The Bertz CT molecular complexity index is 999. The van der Waals surface area contributed by atoms with Crippen molar-refractivity contribution in [1.29, 1.82) is 0 Å². The lowest BCUT2D eigenvalue weighted by Crippen LogP contribution is -2.42. The number of aromatic nitrogens is 2. The molecule has 0 radical (unpaired) electrons. The lowest BCUT2D eigenvalue weighted by Gasteiger charge is -2.30. The molecular weight excluding hydrogens is 424 g/mol. The largest absolute Gasteiger partial charge is 0.474 e. The first-order valence-electron chi connectivity index (χ1n) is 11.6. The second-order valence-corrected chi connectivity index (χ2v) is 10.9. The highest BCUT2D eigenvalue weighted by Crippen LogP contribution is 2.46. The molecule has 172 valence electrons. The number of fused-ring (bicyclic) bond motifs is 3. The van der Waals surface area contributed by atoms with Crippen LogP contribution in [-0.4, -0.2) is 40.4 Å². The number of carbonyl (C=O) groups excluding carboxylic acids is 1. The molecule has 7 nitrogen and oxygen atoms in total. The van der Waals surface area contributed by atoms with E-state index in [0.717, 1.165) is 55.2 Å². The lowest BCUT2D eigenvalue weighted by atomic mass is 9.84. The first-order valence-corrected chi connectivity index (χ1v) is 12.4. The van der Waals surface area contributed by atoms with Crippen molar-refractivity contribution in [2.75, 3.05) is 6.54 Å². The maximum atomic E-state index is 12.1. The molecule has 8 heteroatoms. The number of thiophene rings is 1. The van der Waals surface area contributed by atoms with Crippen LogP contribution in [0, 0.1) is 6.57 Å². The van der Waals surface area contributed by atoms with E-state index in [-0.39, 0.29) is 18.2 Å². The third-order valence-corrected chi connectivity index (χ3v) is 7.37. The highest BCUT2D eigenvalue weighted by Gasteiger charge is 2.30. The molecule has 1 atom stereocenters. The van der Waals surface area contributed by atoms with E-state index in [1.807, 2.05) is 20.8 Å². The quantitative estimate of drug-likeness (QED) is 0.590. The van der Waals surface area contributed by atoms with Crippen molar-refractivity contribution < 1.29 is 14.3 Å². The fraction of sp³-hybridized carbons (Fsp3) is 0.667. The number of aryl methyl sites for hydroxylation is 1. The Morgan fingerprint density at radius 3 is 2.75 bits per heavy atom. The number of amides is 1. The zero-order valence-electron chi connectivity index (χ0n) is 19.1. The number of hydrogen-bond donors (Lipinski definition) is 1. The molecule has 2 aliphatic carbocycles. The van der Waals surface area contributed by atoms with Crippen LogP contribution < -0.4 is 10.1 Å². The fourth-order valence-electron chi connectivity index (χ4n) is 4.80. The molecule has 4 rings (SSSR count). The topological polar surface area (TPSA) is 77.7 Å². The molecule has 0 spiro atoms. The Hall–Kier alpha value is -2.40. The molecule has 0 unspecified atom stereocenters. The van der Waals surface area contributed by atoms with Gasteiger partial charge in [0.25, 0.3) is 0 Å². The van der Waals surface area contributed by atoms with Gasteiger partial charge in [0.15, 0.2) is 0 Å². The van der Waals surface area contributed by atoms with Gasteiger partial charge in [-0.25, -0.2) is 21.3 Å². The molecule has 0 aliphatic heterocycles. The van der Waals surface area contributed by atoms with Crippen LogP contribution >= 0.6 is 11.3 Å². The van der Waals surface area contributed by atoms with Gasteiger partial charge < -0.3 is 19.6 Å². The summed E-state index contributed by atoms with van der Waals surface area (Å²) in [6, 6.07) is 0.113. The Kier molecular flexibility index (Phi) is 6.85. The van der Waals surface area contributed by atoms with Gasteiger partial charge in [-0.15, -0.1) is 11.3 Å². The summed E-state index contributed by atoms with van der Waals surface area (Å²) in [6.07, 6.45) is 9.00. The van der Waals surface area contributed by atoms with Gasteiger partial charge in [0, 0.05) is 17.3 Å². The minimum Gasteiger partial charge on any atom is -0.474 e. The highest BCUT2D eigenvalue weighted by atomic mass is 32.1. The lowest BCUT2D eigenvalue weighted by molar-refractivity contribution is 0.0470. The number of ether oxygens (including phenoxy) is 2. The standard InChI is InChI=1S/C24H32N4O3S/c1-24(2,3)31-23(29)28-16-8-10-17(11-9-16)30-21-20-19-15(12-13-25-4)6-5-7-18(19)32-22(20)27-14-26-21/h14-17H,5-13H2,1-3H3,(H,28,29)/t15-,16?,17?/m0/s1. The molecule has 1 amide bonds. The number of nitrogens with one attached hydrogen (secondary N) is 1. The number of carbonyl (C=O) groups is 1. The molecule has 2 heterocycles. The summed E-state index contributed by atoms with van der Waals surface area (Å²) < 4.78 is 11.8. The number of alkyl carbamates (subject to hydrolysis) is 1. The Morgan fingerprint density at radius 2 is 2.03 bits per heavy atom. The predicted octanol–water partition coefficient (Wildman–Crippen LogP) is 5.64. The van der Waals surface area contributed by atoms with E-state index in [4.69, 9.17) is 16.0 Å². The van der Waals surface area contributed by atoms with Crippen LogP contribution in [0.1, 0.15) is 82.1 Å². The Labute approximate surface area is 193 Å². The second-order valence-electron chi connectivity index (χ2n) is 9.80. The first kappa shape index (κ1) is 22.8. The second kappa shape index (κ2) is 9.62. The van der Waals surface area contributed by atoms with Crippen LogP contribution in [0.4, 0.5) is 4.79 Å². The fourth-order valence-corrected chi connectivity index (χ4v) is 6.06. The zero-order valence-corrected chi connectivity index (χ0v) is 20.0. The van der Waals surface area contributed by atoms with Crippen LogP contribution in [0.5, 0.6) is 5.88 Å². The molecule has 0 aromatic carbocycles. The normalized spacial score (nSPS) is 23.2. The maximum Gasteiger partial charge on any atom is 0.407 e. The minimum absolute atomic E-state index is 0.0746. The van der Waals surface area contributed by atoms with Gasteiger partial charge in [0.2, 0.25) is 12.4 Å². The van der Waals surface area contributed by atoms with E-state index in [1.54, 1.807) is 17.7 Å².